The summed E-state index contributed by atoms with van der Waals surface area (Å²) in [5, 5.41) is 4.22. The molecule has 0 aromatic carbocycles. The summed E-state index contributed by atoms with van der Waals surface area (Å²) in [4.78, 5) is 23.0. The number of hydrogen-bond acceptors (Lipinski definition) is 4. The zero-order valence-corrected chi connectivity index (χ0v) is 12.1. The maximum absolute atomic E-state index is 12.2. The van der Waals surface area contributed by atoms with Crippen molar-refractivity contribution in [2.45, 2.75) is 26.3 Å². The number of rotatable bonds is 3. The lowest BCUT2D eigenvalue weighted by Gasteiger charge is -2.20. The van der Waals surface area contributed by atoms with Crippen molar-refractivity contribution in [2.24, 2.45) is 11.8 Å². The molecule has 2 aromatic rings. The Kier molecular flexibility index (Phi) is 2.60. The highest BCUT2D eigenvalue weighted by Gasteiger charge is 2.52. The van der Waals surface area contributed by atoms with Gasteiger partial charge in [0.15, 0.2) is 5.82 Å². The fourth-order valence-electron chi connectivity index (χ4n) is 3.07. The number of amides is 1. The molecular weight excluding hydrogens is 266 g/mol. The van der Waals surface area contributed by atoms with Crippen LogP contribution in [-0.4, -0.2) is 32.2 Å². The Balaban J connectivity index is 1.62. The van der Waals surface area contributed by atoms with Crippen LogP contribution in [0.25, 0.3) is 0 Å². The lowest BCUT2D eigenvalue weighted by molar-refractivity contribution is -0.118. The monoisotopic (exact) mass is 283 g/mol. The van der Waals surface area contributed by atoms with Gasteiger partial charge in [0.1, 0.15) is 6.04 Å². The normalized spacial score (nSPS) is 25.0. The van der Waals surface area contributed by atoms with E-state index in [0.717, 1.165) is 30.2 Å². The molecule has 1 saturated carbocycles. The van der Waals surface area contributed by atoms with Gasteiger partial charge in [-0.15, -0.1) is 0 Å². The van der Waals surface area contributed by atoms with Crippen LogP contribution in [0, 0.1) is 18.8 Å². The molecule has 0 unspecified atom stereocenters. The predicted molar refractivity (Wildman–Crippen MR) is 76.8 cm³/mol. The topological polar surface area (TPSA) is 63.9 Å². The number of aryl methyl sites for hydroxylation is 1. The van der Waals surface area contributed by atoms with Crippen LogP contribution >= 0.6 is 0 Å². The van der Waals surface area contributed by atoms with Crippen molar-refractivity contribution >= 4 is 11.6 Å². The minimum Gasteiger partial charge on any atom is -0.309 e. The third-order valence-electron chi connectivity index (χ3n) is 4.48. The summed E-state index contributed by atoms with van der Waals surface area (Å²) in [5.74, 6) is 1.77. The number of nitrogens with zero attached hydrogens (tertiary/aromatic N) is 5. The molecule has 3 atom stereocenters. The van der Waals surface area contributed by atoms with Gasteiger partial charge in [0.05, 0.1) is 17.6 Å². The summed E-state index contributed by atoms with van der Waals surface area (Å²) >= 11 is 0. The van der Waals surface area contributed by atoms with Crippen molar-refractivity contribution in [1.82, 2.24) is 19.7 Å². The zero-order valence-electron chi connectivity index (χ0n) is 12.1. The van der Waals surface area contributed by atoms with Crippen molar-refractivity contribution in [2.75, 3.05) is 11.4 Å². The fraction of sp³-hybridized carbons (Fsp3) is 0.467. The van der Waals surface area contributed by atoms with E-state index in [9.17, 15) is 4.79 Å². The Morgan fingerprint density at radius 1 is 1.43 bits per heavy atom. The summed E-state index contributed by atoms with van der Waals surface area (Å²) in [6.45, 7) is 4.77. The van der Waals surface area contributed by atoms with Gasteiger partial charge in [0.25, 0.3) is 0 Å². The van der Waals surface area contributed by atoms with E-state index in [1.165, 1.54) is 0 Å². The first-order valence-electron chi connectivity index (χ1n) is 7.29. The summed E-state index contributed by atoms with van der Waals surface area (Å²) in [6, 6.07) is 1.86. The van der Waals surface area contributed by atoms with Crippen molar-refractivity contribution in [3.63, 3.8) is 0 Å². The Labute approximate surface area is 122 Å². The van der Waals surface area contributed by atoms with Crippen LogP contribution in [-0.2, 0) is 4.79 Å². The van der Waals surface area contributed by atoms with E-state index in [2.05, 4.69) is 15.1 Å². The summed E-state index contributed by atoms with van der Waals surface area (Å²) < 4.78 is 1.82. The Hall–Kier alpha value is -2.24. The molecule has 2 aromatic heterocycles. The minimum absolute atomic E-state index is 0.0181. The lowest BCUT2D eigenvalue weighted by Crippen LogP contribution is -2.29. The van der Waals surface area contributed by atoms with Crippen molar-refractivity contribution in [3.05, 3.63) is 36.2 Å². The molecule has 1 aliphatic carbocycles. The lowest BCUT2D eigenvalue weighted by atomic mass is 10.2. The average molecular weight is 283 g/mol. The molecule has 0 bridgehead atoms. The van der Waals surface area contributed by atoms with Crippen LogP contribution in [0.2, 0.25) is 0 Å². The molecule has 2 aliphatic rings. The number of carbonyl (C=O) groups excluding carboxylic acids is 1. The highest BCUT2D eigenvalue weighted by molar-refractivity contribution is 6.00. The van der Waals surface area contributed by atoms with E-state index in [0.29, 0.717) is 5.92 Å². The van der Waals surface area contributed by atoms with E-state index >= 15 is 0 Å². The largest absolute Gasteiger partial charge is 0.309 e. The highest BCUT2D eigenvalue weighted by Crippen LogP contribution is 2.47. The molecule has 1 aliphatic heterocycles. The summed E-state index contributed by atoms with van der Waals surface area (Å²) in [5.41, 5.74) is 1.71. The molecular formula is C15H17N5O. The van der Waals surface area contributed by atoms with Gasteiger partial charge in [-0.25, -0.2) is 9.97 Å². The van der Waals surface area contributed by atoms with Crippen LogP contribution in [0.15, 0.2) is 24.7 Å². The molecule has 6 heteroatoms. The Morgan fingerprint density at radius 3 is 2.90 bits per heavy atom. The highest BCUT2D eigenvalue weighted by atomic mass is 16.2. The average Bonchev–Trinajstić information content (AvgIpc) is 2.91. The van der Waals surface area contributed by atoms with Crippen LogP contribution in [0.5, 0.6) is 0 Å². The quantitative estimate of drug-likeness (QED) is 0.857. The van der Waals surface area contributed by atoms with Crippen molar-refractivity contribution in [1.29, 1.82) is 0 Å². The molecule has 21 heavy (non-hydrogen) atoms. The molecule has 0 radical (unpaired) electrons. The molecule has 2 fully saturated rings. The molecule has 4 rings (SSSR count). The van der Waals surface area contributed by atoms with E-state index in [-0.39, 0.29) is 17.9 Å². The molecule has 108 valence electrons. The molecule has 3 heterocycles. The number of carbonyl (C=O) groups is 1. The zero-order chi connectivity index (χ0) is 14.6. The van der Waals surface area contributed by atoms with Gasteiger partial charge >= 0.3 is 0 Å². The van der Waals surface area contributed by atoms with Crippen LogP contribution in [0.1, 0.15) is 30.9 Å². The SMILES string of the molecule is Cc1nc([C@H](C)n2cccn2)ncc1N1C[C@H]2C[C@H]2C1=O. The molecule has 1 saturated heterocycles. The molecule has 0 N–H and O–H groups in total. The van der Waals surface area contributed by atoms with Crippen molar-refractivity contribution in [3.8, 4) is 0 Å². The standard InChI is InChI=1S/C15H17N5O/c1-9-13(19-8-11-6-12(11)15(19)21)7-16-14(18-9)10(2)20-5-3-4-17-20/h3-5,7,10-12H,6,8H2,1-2H3/t10-,11+,12+/m0/s1. The van der Waals surface area contributed by atoms with Gasteiger partial charge in [-0.2, -0.15) is 5.10 Å². The summed E-state index contributed by atoms with van der Waals surface area (Å²) in [7, 11) is 0. The number of anilines is 1. The van der Waals surface area contributed by atoms with Gasteiger partial charge < -0.3 is 4.90 Å². The Bertz CT molecular complexity index is 696. The minimum atomic E-state index is -0.0181. The first-order valence-corrected chi connectivity index (χ1v) is 7.29. The van der Waals surface area contributed by atoms with Gasteiger partial charge in [-0.05, 0) is 32.3 Å². The fourth-order valence-corrected chi connectivity index (χ4v) is 3.07. The second kappa shape index (κ2) is 4.38. The number of piperidine rings is 1. The third-order valence-corrected chi connectivity index (χ3v) is 4.48. The third kappa shape index (κ3) is 1.93. The molecule has 6 nitrogen and oxygen atoms in total. The van der Waals surface area contributed by atoms with Crippen LogP contribution in [0.3, 0.4) is 0 Å². The second-order valence-electron chi connectivity index (χ2n) is 5.91. The Morgan fingerprint density at radius 2 is 2.29 bits per heavy atom. The maximum Gasteiger partial charge on any atom is 0.230 e. The summed E-state index contributed by atoms with van der Waals surface area (Å²) in [6.07, 6.45) is 6.48. The van der Waals surface area contributed by atoms with Gasteiger partial charge in [-0.3, -0.25) is 9.48 Å². The van der Waals surface area contributed by atoms with Crippen LogP contribution < -0.4 is 4.90 Å². The predicted octanol–water partition coefficient (Wildman–Crippen LogP) is 1.57. The number of fused-ring (bicyclic) bond motifs is 1. The van der Waals surface area contributed by atoms with Gasteiger partial charge in [0.2, 0.25) is 5.91 Å². The molecule has 0 spiro atoms. The first-order chi connectivity index (χ1) is 10.1. The first kappa shape index (κ1) is 12.5. The molecule has 1 amide bonds. The van der Waals surface area contributed by atoms with Gasteiger partial charge in [-0.1, -0.05) is 0 Å². The van der Waals surface area contributed by atoms with Crippen LogP contribution in [0.4, 0.5) is 5.69 Å². The van der Waals surface area contributed by atoms with E-state index in [1.807, 2.05) is 35.7 Å². The van der Waals surface area contributed by atoms with Gasteiger partial charge in [0, 0.05) is 24.9 Å². The maximum atomic E-state index is 12.2. The second-order valence-corrected chi connectivity index (χ2v) is 5.91. The number of hydrogen-bond donors (Lipinski definition) is 0. The van der Waals surface area contributed by atoms with E-state index < -0.39 is 0 Å². The number of aromatic nitrogens is 4. The van der Waals surface area contributed by atoms with Crippen molar-refractivity contribution < 1.29 is 4.79 Å². The van der Waals surface area contributed by atoms with E-state index in [4.69, 9.17) is 0 Å². The smallest absolute Gasteiger partial charge is 0.230 e. The van der Waals surface area contributed by atoms with E-state index in [1.54, 1.807) is 12.4 Å².